The summed E-state index contributed by atoms with van der Waals surface area (Å²) in [4.78, 5) is 3.70. The third kappa shape index (κ3) is 4.24. The Labute approximate surface area is 222 Å². The summed E-state index contributed by atoms with van der Waals surface area (Å²) in [6.45, 7) is 0. The van der Waals surface area contributed by atoms with E-state index in [0.29, 0.717) is 0 Å². The van der Waals surface area contributed by atoms with E-state index >= 15 is 0 Å². The number of aromatic amines is 1. The highest BCUT2D eigenvalue weighted by Crippen LogP contribution is 2.44. The average molecular weight is 504 g/mol. The first-order valence-corrected chi connectivity index (χ1v) is 12.6. The monoisotopic (exact) mass is 503 g/mol. The first kappa shape index (κ1) is 23.7. The number of fused-ring (bicyclic) bond motifs is 1. The molecule has 6 heteroatoms. The Bertz CT molecular complexity index is 1590. The van der Waals surface area contributed by atoms with Gasteiger partial charge in [0.05, 0.1) is 44.5 Å². The molecule has 0 saturated heterocycles. The Morgan fingerprint density at radius 2 is 1.24 bits per heavy atom. The second-order valence-corrected chi connectivity index (χ2v) is 9.23. The van der Waals surface area contributed by atoms with Crippen molar-refractivity contribution in [2.45, 2.75) is 12.5 Å². The molecule has 0 bridgehead atoms. The van der Waals surface area contributed by atoms with Gasteiger partial charge in [-0.3, -0.25) is 5.01 Å². The highest BCUT2D eigenvalue weighted by Gasteiger charge is 2.34. The van der Waals surface area contributed by atoms with Crippen molar-refractivity contribution in [2.75, 3.05) is 26.3 Å². The van der Waals surface area contributed by atoms with Gasteiger partial charge in [0.15, 0.2) is 0 Å². The smallest absolute Gasteiger partial charge is 0.119 e. The minimum absolute atomic E-state index is 0.0197. The number of nitrogens with zero attached hydrogens (tertiary/aromatic N) is 2. The van der Waals surface area contributed by atoms with Crippen LogP contribution < -0.4 is 19.2 Å². The maximum Gasteiger partial charge on any atom is 0.119 e. The fraction of sp³-hybridized carbons (Fsp3) is 0.156. The largest absolute Gasteiger partial charge is 0.497 e. The normalized spacial score (nSPS) is 15.0. The molecule has 190 valence electrons. The summed E-state index contributed by atoms with van der Waals surface area (Å²) in [6.07, 6.45) is 0.753. The molecule has 6 rings (SSSR count). The summed E-state index contributed by atoms with van der Waals surface area (Å²) in [5.74, 6) is 2.47. The molecular formula is C32H29N3O3. The van der Waals surface area contributed by atoms with Gasteiger partial charge in [-0.05, 0) is 90.0 Å². The zero-order chi connectivity index (χ0) is 26.1. The van der Waals surface area contributed by atoms with Gasteiger partial charge in [0.25, 0.3) is 0 Å². The zero-order valence-corrected chi connectivity index (χ0v) is 21.6. The molecule has 2 heterocycles. The minimum atomic E-state index is -0.0197. The minimum Gasteiger partial charge on any atom is -0.497 e. The van der Waals surface area contributed by atoms with E-state index in [4.69, 9.17) is 19.3 Å². The molecular weight excluding hydrogens is 474 g/mol. The van der Waals surface area contributed by atoms with Crippen LogP contribution in [0.4, 0.5) is 5.69 Å². The number of rotatable bonds is 7. The van der Waals surface area contributed by atoms with Crippen molar-refractivity contribution in [3.05, 3.63) is 108 Å². The lowest BCUT2D eigenvalue weighted by atomic mass is 9.93. The van der Waals surface area contributed by atoms with E-state index in [1.807, 2.05) is 36.4 Å². The maximum atomic E-state index is 5.42. The molecule has 0 saturated carbocycles. The van der Waals surface area contributed by atoms with E-state index in [-0.39, 0.29) is 6.04 Å². The number of H-pyrrole nitrogens is 1. The van der Waals surface area contributed by atoms with E-state index in [1.165, 1.54) is 10.9 Å². The van der Waals surface area contributed by atoms with Crippen molar-refractivity contribution in [3.63, 3.8) is 0 Å². The molecule has 38 heavy (non-hydrogen) atoms. The number of hydrazone groups is 1. The average Bonchev–Trinajstić information content (AvgIpc) is 3.59. The Morgan fingerprint density at radius 1 is 0.684 bits per heavy atom. The number of nitrogens with one attached hydrogen (secondary N) is 1. The van der Waals surface area contributed by atoms with Gasteiger partial charge in [-0.15, -0.1) is 0 Å². The molecule has 0 spiro atoms. The fourth-order valence-corrected chi connectivity index (χ4v) is 5.16. The van der Waals surface area contributed by atoms with E-state index in [9.17, 15) is 0 Å². The van der Waals surface area contributed by atoms with Gasteiger partial charge in [0, 0.05) is 22.9 Å². The van der Waals surface area contributed by atoms with Crippen LogP contribution in [0, 0.1) is 0 Å². The standard InChI is InChI=1S/C32H29N3O3/c1-36-24-14-8-21(9-15-24)29-20-30(35(34-29)23-12-18-26(38-3)19-13-23)31-27-6-4-5-7-28(27)33-32(31)22-10-16-25(37-2)17-11-22/h4-19,30,33H,20H2,1-3H3/t30-/m0/s1. The molecule has 1 aromatic heterocycles. The highest BCUT2D eigenvalue weighted by molar-refractivity contribution is 6.04. The third-order valence-corrected chi connectivity index (χ3v) is 7.13. The number of benzene rings is 4. The molecule has 0 amide bonds. The Kier molecular flexibility index (Phi) is 6.22. The van der Waals surface area contributed by atoms with E-state index < -0.39 is 0 Å². The first-order chi connectivity index (χ1) is 18.7. The van der Waals surface area contributed by atoms with Crippen molar-refractivity contribution in [2.24, 2.45) is 5.10 Å². The molecule has 1 aliphatic rings. The van der Waals surface area contributed by atoms with Crippen LogP contribution in [0.1, 0.15) is 23.6 Å². The summed E-state index contributed by atoms with van der Waals surface area (Å²) in [5, 5.41) is 8.51. The molecule has 0 fully saturated rings. The summed E-state index contributed by atoms with van der Waals surface area (Å²) >= 11 is 0. The van der Waals surface area contributed by atoms with Crippen molar-refractivity contribution >= 4 is 22.3 Å². The zero-order valence-electron chi connectivity index (χ0n) is 21.6. The topological polar surface area (TPSA) is 59.1 Å². The molecule has 0 unspecified atom stereocenters. The number of hydrogen-bond donors (Lipinski definition) is 1. The van der Waals surface area contributed by atoms with Crippen molar-refractivity contribution in [3.8, 4) is 28.5 Å². The summed E-state index contributed by atoms with van der Waals surface area (Å²) in [7, 11) is 5.05. The molecule has 0 aliphatic carbocycles. The summed E-state index contributed by atoms with van der Waals surface area (Å²) in [5.41, 5.74) is 7.62. The summed E-state index contributed by atoms with van der Waals surface area (Å²) < 4.78 is 16.2. The molecule has 6 nitrogen and oxygen atoms in total. The quantitative estimate of drug-likeness (QED) is 0.255. The fourth-order valence-electron chi connectivity index (χ4n) is 5.16. The van der Waals surface area contributed by atoms with Crippen LogP contribution in [-0.2, 0) is 0 Å². The Balaban J connectivity index is 1.50. The predicted octanol–water partition coefficient (Wildman–Crippen LogP) is 7.22. The van der Waals surface area contributed by atoms with Crippen LogP contribution in [0.25, 0.3) is 22.2 Å². The SMILES string of the molecule is COc1ccc(C2=NN(c3ccc(OC)cc3)[C@H](c3c(-c4ccc(OC)cc4)[nH]c4ccccc34)C2)cc1. The maximum absolute atomic E-state index is 5.42. The number of ether oxygens (including phenoxy) is 3. The van der Waals surface area contributed by atoms with Gasteiger partial charge >= 0.3 is 0 Å². The van der Waals surface area contributed by atoms with Crippen LogP contribution in [0.5, 0.6) is 17.2 Å². The van der Waals surface area contributed by atoms with Crippen molar-refractivity contribution < 1.29 is 14.2 Å². The number of aromatic nitrogens is 1. The van der Waals surface area contributed by atoms with Crippen molar-refractivity contribution in [1.82, 2.24) is 4.98 Å². The lowest BCUT2D eigenvalue weighted by Gasteiger charge is -2.25. The third-order valence-electron chi connectivity index (χ3n) is 7.13. The molecule has 1 N–H and O–H groups in total. The van der Waals surface area contributed by atoms with Crippen LogP contribution in [0.15, 0.2) is 102 Å². The van der Waals surface area contributed by atoms with Gasteiger partial charge in [0.2, 0.25) is 0 Å². The van der Waals surface area contributed by atoms with Crippen LogP contribution >= 0.6 is 0 Å². The number of hydrogen-bond acceptors (Lipinski definition) is 5. The Morgan fingerprint density at radius 3 is 1.84 bits per heavy atom. The second kappa shape index (κ2) is 9.98. The van der Waals surface area contributed by atoms with Gasteiger partial charge in [-0.25, -0.2) is 0 Å². The lowest BCUT2D eigenvalue weighted by molar-refractivity contribution is 0.414. The van der Waals surface area contributed by atoms with Gasteiger partial charge in [-0.1, -0.05) is 18.2 Å². The van der Waals surface area contributed by atoms with Crippen LogP contribution in [-0.4, -0.2) is 32.0 Å². The van der Waals surface area contributed by atoms with Gasteiger partial charge in [-0.2, -0.15) is 5.10 Å². The van der Waals surface area contributed by atoms with E-state index in [1.54, 1.807) is 21.3 Å². The van der Waals surface area contributed by atoms with Gasteiger partial charge in [0.1, 0.15) is 17.2 Å². The highest BCUT2D eigenvalue weighted by atomic mass is 16.5. The first-order valence-electron chi connectivity index (χ1n) is 12.6. The number of methoxy groups -OCH3 is 3. The van der Waals surface area contributed by atoms with Crippen LogP contribution in [0.3, 0.4) is 0 Å². The molecule has 4 aromatic carbocycles. The molecule has 5 aromatic rings. The Hall–Kier alpha value is -4.71. The second-order valence-electron chi connectivity index (χ2n) is 9.23. The lowest BCUT2D eigenvalue weighted by Crippen LogP contribution is -2.19. The molecule has 1 atom stereocenters. The molecule has 1 aliphatic heterocycles. The van der Waals surface area contributed by atoms with Gasteiger partial charge < -0.3 is 19.2 Å². The van der Waals surface area contributed by atoms with E-state index in [0.717, 1.165) is 57.4 Å². The van der Waals surface area contributed by atoms with Crippen molar-refractivity contribution in [1.29, 1.82) is 0 Å². The molecule has 0 radical (unpaired) electrons. The number of anilines is 1. The number of para-hydroxylation sites is 1. The summed E-state index contributed by atoms with van der Waals surface area (Å²) in [6, 6.07) is 32.9. The van der Waals surface area contributed by atoms with Crippen LogP contribution in [0.2, 0.25) is 0 Å². The predicted molar refractivity (Wildman–Crippen MR) is 153 cm³/mol. The van der Waals surface area contributed by atoms with E-state index in [2.05, 4.69) is 70.7 Å².